The molecule has 6 nitrogen and oxygen atoms in total. The zero-order valence-corrected chi connectivity index (χ0v) is 15.0. The summed E-state index contributed by atoms with van der Waals surface area (Å²) in [5, 5.41) is 1.67. The molecule has 0 bridgehead atoms. The molecule has 2 aromatic carbocycles. The Balaban J connectivity index is 1.71. The fraction of sp³-hybridized carbons (Fsp3) is 0. The Morgan fingerprint density at radius 1 is 1.00 bits per heavy atom. The van der Waals surface area contributed by atoms with Crippen LogP contribution in [0.4, 0.5) is 5.69 Å². The summed E-state index contributed by atoms with van der Waals surface area (Å²) in [7, 11) is -3.68. The molecule has 0 radical (unpaired) electrons. The second-order valence-corrected chi connectivity index (χ2v) is 7.17. The lowest BCUT2D eigenvalue weighted by molar-refractivity contribution is 0.442. The minimum atomic E-state index is -3.68. The maximum atomic E-state index is 12.2. The Bertz CT molecular complexity index is 1010. The molecule has 0 saturated heterocycles. The number of halogens is 1. The largest absolute Gasteiger partial charge is 0.424 e. The van der Waals surface area contributed by atoms with Gasteiger partial charge in [-0.2, -0.15) is 0 Å². The Morgan fingerprint density at radius 3 is 2.46 bits per heavy atom. The lowest BCUT2D eigenvalue weighted by atomic mass is 10.2. The van der Waals surface area contributed by atoms with Crippen LogP contribution in [0.5, 0.6) is 11.8 Å². The molecule has 3 rings (SSSR count). The fourth-order valence-electron chi connectivity index (χ4n) is 2.01. The minimum absolute atomic E-state index is 0.176. The van der Waals surface area contributed by atoms with Crippen LogP contribution in [-0.2, 0) is 10.0 Å². The number of hydrogen-bond donors (Lipinski definition) is 1. The lowest BCUT2D eigenvalue weighted by Gasteiger charge is -2.07. The van der Waals surface area contributed by atoms with Crippen LogP contribution in [0, 0.1) is 0 Å². The average molecular weight is 388 g/mol. The van der Waals surface area contributed by atoms with Gasteiger partial charge < -0.3 is 4.74 Å². The van der Waals surface area contributed by atoms with Crippen molar-refractivity contribution < 1.29 is 13.2 Å². The van der Waals surface area contributed by atoms with E-state index in [9.17, 15) is 8.42 Å². The van der Waals surface area contributed by atoms with Gasteiger partial charge in [0, 0.05) is 23.5 Å². The number of nitrogens with zero attached hydrogens (tertiary/aromatic N) is 2. The van der Waals surface area contributed by atoms with E-state index in [0.29, 0.717) is 16.5 Å². The summed E-state index contributed by atoms with van der Waals surface area (Å²) in [6.45, 7) is 0. The van der Waals surface area contributed by atoms with Crippen molar-refractivity contribution in [2.24, 2.45) is 0 Å². The highest BCUT2D eigenvalue weighted by molar-refractivity contribution is 7.95. The van der Waals surface area contributed by atoms with Gasteiger partial charge in [-0.3, -0.25) is 4.72 Å². The van der Waals surface area contributed by atoms with Crippen molar-refractivity contribution in [1.29, 1.82) is 0 Å². The molecule has 8 heteroatoms. The van der Waals surface area contributed by atoms with E-state index in [-0.39, 0.29) is 6.01 Å². The van der Waals surface area contributed by atoms with Crippen molar-refractivity contribution in [3.05, 3.63) is 83.0 Å². The SMILES string of the molecule is O=S(=O)(C=Cc1ccc(Cl)cc1)Nc1cccc(Oc2ncccn2)c1. The highest BCUT2D eigenvalue weighted by Crippen LogP contribution is 2.22. The topological polar surface area (TPSA) is 81.2 Å². The predicted octanol–water partition coefficient (Wildman–Crippen LogP) is 4.33. The van der Waals surface area contributed by atoms with Crippen molar-refractivity contribution in [2.75, 3.05) is 4.72 Å². The number of aromatic nitrogens is 2. The quantitative estimate of drug-likeness (QED) is 0.680. The molecular weight excluding hydrogens is 374 g/mol. The molecule has 3 aromatic rings. The number of ether oxygens (including phenoxy) is 1. The number of anilines is 1. The molecule has 0 amide bonds. The van der Waals surface area contributed by atoms with Crippen LogP contribution in [0.2, 0.25) is 5.02 Å². The first-order valence-corrected chi connectivity index (χ1v) is 9.44. The fourth-order valence-corrected chi connectivity index (χ4v) is 2.99. The third-order valence-electron chi connectivity index (χ3n) is 3.16. The van der Waals surface area contributed by atoms with Crippen molar-refractivity contribution in [3.63, 3.8) is 0 Å². The van der Waals surface area contributed by atoms with Gasteiger partial charge in [-0.25, -0.2) is 18.4 Å². The van der Waals surface area contributed by atoms with E-state index < -0.39 is 10.0 Å². The zero-order chi connectivity index (χ0) is 18.4. The Kier molecular flexibility index (Phi) is 5.50. The second-order valence-electron chi connectivity index (χ2n) is 5.16. The summed E-state index contributed by atoms with van der Waals surface area (Å²) in [4.78, 5) is 7.91. The molecule has 0 unspecified atom stereocenters. The van der Waals surface area contributed by atoms with E-state index in [1.54, 1.807) is 67.0 Å². The van der Waals surface area contributed by atoms with Crippen molar-refractivity contribution in [1.82, 2.24) is 9.97 Å². The maximum absolute atomic E-state index is 12.2. The van der Waals surface area contributed by atoms with E-state index in [1.807, 2.05) is 0 Å². The molecule has 132 valence electrons. The molecule has 0 fully saturated rings. The molecule has 0 aliphatic heterocycles. The summed E-state index contributed by atoms with van der Waals surface area (Å²) in [6, 6.07) is 15.2. The summed E-state index contributed by atoms with van der Waals surface area (Å²) in [6.07, 6.45) is 4.59. The normalized spacial score (nSPS) is 11.4. The Labute approximate surface area is 156 Å². The van der Waals surface area contributed by atoms with E-state index in [2.05, 4.69) is 14.7 Å². The molecule has 0 atom stereocenters. The average Bonchev–Trinajstić information content (AvgIpc) is 2.62. The number of sulfonamides is 1. The first-order chi connectivity index (χ1) is 12.5. The Hall–Kier alpha value is -2.90. The van der Waals surface area contributed by atoms with Gasteiger partial charge in [0.15, 0.2) is 0 Å². The number of hydrogen-bond acceptors (Lipinski definition) is 5. The van der Waals surface area contributed by atoms with E-state index in [1.165, 1.54) is 6.08 Å². The minimum Gasteiger partial charge on any atom is -0.424 e. The smallest absolute Gasteiger partial charge is 0.321 e. The third kappa shape index (κ3) is 5.30. The molecule has 0 saturated carbocycles. The standard InChI is InChI=1S/C18H14ClN3O3S/c19-15-7-5-14(6-8-15)9-12-26(23,24)22-16-3-1-4-17(13-16)25-18-20-10-2-11-21-18/h1-13,22H. The number of benzene rings is 2. The van der Waals surface area contributed by atoms with Crippen LogP contribution in [-0.4, -0.2) is 18.4 Å². The van der Waals surface area contributed by atoms with Crippen molar-refractivity contribution in [2.45, 2.75) is 0 Å². The number of nitrogens with one attached hydrogen (secondary N) is 1. The van der Waals surface area contributed by atoms with Gasteiger partial charge in [-0.05, 0) is 42.0 Å². The van der Waals surface area contributed by atoms with Crippen LogP contribution >= 0.6 is 11.6 Å². The van der Waals surface area contributed by atoms with Gasteiger partial charge in [-0.15, -0.1) is 0 Å². The summed E-state index contributed by atoms with van der Waals surface area (Å²) in [5.74, 6) is 0.415. The first kappa shape index (κ1) is 17.9. The Morgan fingerprint density at radius 2 is 1.73 bits per heavy atom. The molecule has 1 heterocycles. The summed E-state index contributed by atoms with van der Waals surface area (Å²) >= 11 is 5.81. The molecule has 0 spiro atoms. The molecule has 26 heavy (non-hydrogen) atoms. The van der Waals surface area contributed by atoms with Crippen LogP contribution in [0.25, 0.3) is 6.08 Å². The monoisotopic (exact) mass is 387 g/mol. The highest BCUT2D eigenvalue weighted by Gasteiger charge is 2.07. The number of rotatable bonds is 6. The van der Waals surface area contributed by atoms with E-state index in [4.69, 9.17) is 16.3 Å². The molecule has 0 aliphatic rings. The van der Waals surface area contributed by atoms with Crippen LogP contribution in [0.15, 0.2) is 72.4 Å². The van der Waals surface area contributed by atoms with Gasteiger partial charge in [0.1, 0.15) is 5.75 Å². The molecule has 1 N–H and O–H groups in total. The predicted molar refractivity (Wildman–Crippen MR) is 102 cm³/mol. The molecule has 1 aromatic heterocycles. The zero-order valence-electron chi connectivity index (χ0n) is 13.4. The highest BCUT2D eigenvalue weighted by atomic mass is 35.5. The summed E-state index contributed by atoms with van der Waals surface area (Å²) < 4.78 is 32.4. The lowest BCUT2D eigenvalue weighted by Crippen LogP contribution is -2.08. The third-order valence-corrected chi connectivity index (χ3v) is 4.42. The van der Waals surface area contributed by atoms with Crippen LogP contribution in [0.1, 0.15) is 5.56 Å². The first-order valence-electron chi connectivity index (χ1n) is 7.52. The second kappa shape index (κ2) is 7.99. The van der Waals surface area contributed by atoms with Crippen LogP contribution in [0.3, 0.4) is 0 Å². The van der Waals surface area contributed by atoms with Gasteiger partial charge in [-0.1, -0.05) is 29.8 Å². The van der Waals surface area contributed by atoms with Gasteiger partial charge >= 0.3 is 6.01 Å². The van der Waals surface area contributed by atoms with Gasteiger partial charge in [0.2, 0.25) is 0 Å². The van der Waals surface area contributed by atoms with E-state index in [0.717, 1.165) is 11.0 Å². The summed E-state index contributed by atoms with van der Waals surface area (Å²) in [5.41, 5.74) is 1.08. The van der Waals surface area contributed by atoms with E-state index >= 15 is 0 Å². The van der Waals surface area contributed by atoms with Crippen molar-refractivity contribution >= 4 is 33.4 Å². The molecular formula is C18H14ClN3O3S. The maximum Gasteiger partial charge on any atom is 0.321 e. The van der Waals surface area contributed by atoms with Crippen LogP contribution < -0.4 is 9.46 Å². The molecule has 0 aliphatic carbocycles. The van der Waals surface area contributed by atoms with Gasteiger partial charge in [0.25, 0.3) is 10.0 Å². The van der Waals surface area contributed by atoms with Gasteiger partial charge in [0.05, 0.1) is 11.1 Å². The van der Waals surface area contributed by atoms with Crippen molar-refractivity contribution in [3.8, 4) is 11.8 Å².